The van der Waals surface area contributed by atoms with Crippen molar-refractivity contribution < 1.29 is 9.53 Å². The van der Waals surface area contributed by atoms with Crippen LogP contribution in [0.25, 0.3) is 11.0 Å². The van der Waals surface area contributed by atoms with Crippen LogP contribution < -0.4 is 10.1 Å². The van der Waals surface area contributed by atoms with Crippen molar-refractivity contribution in [1.82, 2.24) is 19.5 Å². The molecule has 0 saturated heterocycles. The molecular weight excluding hydrogens is 572 g/mol. The third-order valence-electron chi connectivity index (χ3n) is 9.20. The molecule has 0 spiro atoms. The number of fused-ring (bicyclic) bond motifs is 1. The molecular formula is C38H32N6O2. The lowest BCUT2D eigenvalue weighted by Crippen LogP contribution is -2.59. The quantitative estimate of drug-likeness (QED) is 0.130. The number of ketones is 1. The Hall–Kier alpha value is -5.63. The first-order valence-electron chi connectivity index (χ1n) is 15.6. The van der Waals surface area contributed by atoms with E-state index in [9.17, 15) is 4.79 Å². The van der Waals surface area contributed by atoms with Crippen LogP contribution in [0.3, 0.4) is 0 Å². The Balaban J connectivity index is 1.12. The second kappa shape index (κ2) is 11.4. The van der Waals surface area contributed by atoms with Crippen LogP contribution in [0.15, 0.2) is 121 Å². The van der Waals surface area contributed by atoms with E-state index in [-0.39, 0.29) is 22.8 Å². The van der Waals surface area contributed by atoms with E-state index < -0.39 is 0 Å². The summed E-state index contributed by atoms with van der Waals surface area (Å²) in [6.07, 6.45) is 7.22. The fourth-order valence-corrected chi connectivity index (χ4v) is 6.61. The van der Waals surface area contributed by atoms with Crippen LogP contribution in [0.5, 0.6) is 5.75 Å². The van der Waals surface area contributed by atoms with E-state index in [4.69, 9.17) is 19.7 Å². The Morgan fingerprint density at radius 3 is 2.17 bits per heavy atom. The van der Waals surface area contributed by atoms with Crippen LogP contribution in [0, 0.1) is 5.92 Å². The van der Waals surface area contributed by atoms with Crippen molar-refractivity contribution in [3.05, 3.63) is 144 Å². The number of ether oxygens (including phenoxy) is 1. The summed E-state index contributed by atoms with van der Waals surface area (Å²) in [6.45, 7) is 0.540. The minimum absolute atomic E-state index is 0.113. The van der Waals surface area contributed by atoms with E-state index in [1.807, 2.05) is 91.0 Å². The van der Waals surface area contributed by atoms with Gasteiger partial charge in [-0.05, 0) is 61.1 Å². The molecule has 3 aromatic heterocycles. The molecule has 46 heavy (non-hydrogen) atoms. The number of aliphatic imine (C=N–C) groups is 1. The molecule has 3 aliphatic carbocycles. The highest BCUT2D eigenvalue weighted by Crippen LogP contribution is 2.63. The molecule has 3 fully saturated rings. The smallest absolute Gasteiger partial charge is 0.248 e. The van der Waals surface area contributed by atoms with E-state index in [0.717, 1.165) is 64.4 Å². The first kappa shape index (κ1) is 27.9. The van der Waals surface area contributed by atoms with Crippen LogP contribution >= 0.6 is 0 Å². The normalized spacial score (nSPS) is 17.9. The molecule has 9 rings (SSSR count). The summed E-state index contributed by atoms with van der Waals surface area (Å²) in [5.41, 5.74) is 5.71. The molecule has 1 N–H and O–H groups in total. The molecule has 0 aliphatic heterocycles. The average Bonchev–Trinajstić information content (AvgIpc) is 3.49. The zero-order chi connectivity index (χ0) is 31.1. The second-order valence-electron chi connectivity index (χ2n) is 12.1. The molecule has 3 aromatic carbocycles. The van der Waals surface area contributed by atoms with Gasteiger partial charge in [0, 0.05) is 29.4 Å². The third kappa shape index (κ3) is 5.01. The number of nitrogens with one attached hydrogen (secondary N) is 1. The lowest BCUT2D eigenvalue weighted by atomic mass is 9.49. The molecule has 3 heterocycles. The second-order valence-corrected chi connectivity index (χ2v) is 12.1. The van der Waals surface area contributed by atoms with Crippen LogP contribution in [0.1, 0.15) is 52.3 Å². The molecule has 0 amide bonds. The number of anilines is 1. The summed E-state index contributed by atoms with van der Waals surface area (Å²) in [5, 5.41) is 4.37. The molecule has 2 bridgehead atoms. The van der Waals surface area contributed by atoms with Gasteiger partial charge in [0.2, 0.25) is 11.6 Å². The maximum absolute atomic E-state index is 13.9. The van der Waals surface area contributed by atoms with Gasteiger partial charge >= 0.3 is 0 Å². The van der Waals surface area contributed by atoms with E-state index in [1.54, 1.807) is 19.4 Å². The molecule has 3 aliphatic rings. The summed E-state index contributed by atoms with van der Waals surface area (Å²) in [7, 11) is 1.66. The Morgan fingerprint density at radius 1 is 0.891 bits per heavy atom. The predicted molar refractivity (Wildman–Crippen MR) is 179 cm³/mol. The van der Waals surface area contributed by atoms with Crippen molar-refractivity contribution in [3.63, 3.8) is 0 Å². The molecule has 6 aromatic rings. The van der Waals surface area contributed by atoms with Gasteiger partial charge in [-0.2, -0.15) is 0 Å². The highest BCUT2D eigenvalue weighted by atomic mass is 16.5. The van der Waals surface area contributed by atoms with E-state index >= 15 is 0 Å². The third-order valence-corrected chi connectivity index (χ3v) is 9.20. The van der Waals surface area contributed by atoms with Gasteiger partial charge in [0.25, 0.3) is 0 Å². The van der Waals surface area contributed by atoms with Gasteiger partial charge < -0.3 is 14.6 Å². The first-order valence-corrected chi connectivity index (χ1v) is 15.6. The minimum atomic E-state index is -0.332. The van der Waals surface area contributed by atoms with Crippen molar-refractivity contribution in [3.8, 4) is 5.75 Å². The lowest BCUT2D eigenvalue weighted by Gasteiger charge is -2.62. The fraction of sp³-hybridized carbons (Fsp3) is 0.184. The maximum Gasteiger partial charge on any atom is 0.248 e. The Labute approximate surface area is 266 Å². The molecule has 8 nitrogen and oxygen atoms in total. The molecule has 0 radical (unpaired) electrons. The largest absolute Gasteiger partial charge is 0.497 e. The summed E-state index contributed by atoms with van der Waals surface area (Å²) in [5.74, 6) is 2.03. The zero-order valence-corrected chi connectivity index (χ0v) is 25.4. The number of pyridine rings is 1. The summed E-state index contributed by atoms with van der Waals surface area (Å²) >= 11 is 0. The van der Waals surface area contributed by atoms with Gasteiger partial charge in [-0.15, -0.1) is 0 Å². The summed E-state index contributed by atoms with van der Waals surface area (Å²) < 4.78 is 7.56. The van der Waals surface area contributed by atoms with Crippen molar-refractivity contribution in [2.24, 2.45) is 10.9 Å². The Kier molecular flexibility index (Phi) is 6.90. The number of hydrogen-bond acceptors (Lipinski definition) is 7. The molecule has 0 atom stereocenters. The lowest BCUT2D eigenvalue weighted by molar-refractivity contribution is -0.0859. The topological polar surface area (TPSA) is 94.3 Å². The van der Waals surface area contributed by atoms with E-state index in [2.05, 4.69) is 27.1 Å². The van der Waals surface area contributed by atoms with Crippen LogP contribution in [-0.2, 0) is 12.1 Å². The minimum Gasteiger partial charge on any atom is -0.497 e. The number of hydrogen-bond donors (Lipinski definition) is 1. The molecule has 3 saturated carbocycles. The van der Waals surface area contributed by atoms with Gasteiger partial charge in [0.1, 0.15) is 22.9 Å². The summed E-state index contributed by atoms with van der Waals surface area (Å²) in [4.78, 5) is 32.9. The number of benzene rings is 3. The molecule has 0 unspecified atom stereocenters. The van der Waals surface area contributed by atoms with E-state index in [1.165, 1.54) is 0 Å². The number of carbonyl (C=O) groups is 1. The molecule has 226 valence electrons. The number of methoxy groups -OCH3 is 1. The van der Waals surface area contributed by atoms with Gasteiger partial charge in [-0.25, -0.2) is 15.0 Å². The van der Waals surface area contributed by atoms with Crippen LogP contribution in [0.2, 0.25) is 0 Å². The summed E-state index contributed by atoms with van der Waals surface area (Å²) in [6, 6.07) is 33.6. The van der Waals surface area contributed by atoms with Crippen molar-refractivity contribution in [1.29, 1.82) is 0 Å². The first-order chi connectivity index (χ1) is 22.6. The highest BCUT2D eigenvalue weighted by molar-refractivity contribution is 6.14. The number of carbonyl (C=O) groups excluding carboxylic acids is 1. The number of nitrogens with zero attached hydrogens (tertiary/aromatic N) is 5. The fourth-order valence-electron chi connectivity index (χ4n) is 6.61. The van der Waals surface area contributed by atoms with Gasteiger partial charge in [-0.3, -0.25) is 9.78 Å². The van der Waals surface area contributed by atoms with Gasteiger partial charge in [0.05, 0.1) is 30.1 Å². The molecule has 8 heteroatoms. The monoisotopic (exact) mass is 604 g/mol. The SMILES string of the molecule is COc1ccc(CNc2nc(C(=O)c3ccc(N=C(c4ccccc4)c4ccccc4)cn3)nc3c2ccn3C23CC(C2)C3)cc1. The van der Waals surface area contributed by atoms with Crippen LogP contribution in [0.4, 0.5) is 11.5 Å². The highest BCUT2D eigenvalue weighted by Gasteiger charge is 2.58. The van der Waals surface area contributed by atoms with E-state index in [0.29, 0.717) is 18.1 Å². The predicted octanol–water partition coefficient (Wildman–Crippen LogP) is 7.36. The number of aromatic nitrogens is 4. The zero-order valence-electron chi connectivity index (χ0n) is 25.4. The van der Waals surface area contributed by atoms with Crippen LogP contribution in [-0.4, -0.2) is 38.1 Å². The maximum atomic E-state index is 13.9. The average molecular weight is 605 g/mol. The van der Waals surface area contributed by atoms with Crippen molar-refractivity contribution >= 4 is 34.0 Å². The standard InChI is InChI=1S/C38H32N6O2/c1-46-30-15-12-25(13-16-30)23-40-35-31-18-19-44(38-20-26(21-38)22-38)37(31)43-36(42-35)34(45)32-17-14-29(24-39-32)41-33(27-8-4-2-5-9-27)28-10-6-3-7-11-28/h2-19,24,26H,20-23H2,1H3,(H,40,42,43). The van der Waals surface area contributed by atoms with Crippen molar-refractivity contribution in [2.75, 3.05) is 12.4 Å². The Bertz CT molecular complexity index is 2010. The van der Waals surface area contributed by atoms with Crippen molar-refractivity contribution in [2.45, 2.75) is 31.3 Å². The van der Waals surface area contributed by atoms with Gasteiger partial charge in [-0.1, -0.05) is 72.8 Å². The Morgan fingerprint density at radius 2 is 1.59 bits per heavy atom. The van der Waals surface area contributed by atoms with Gasteiger partial charge in [0.15, 0.2) is 0 Å². The number of rotatable bonds is 10.